The lowest BCUT2D eigenvalue weighted by Crippen LogP contribution is -2.11. The first-order chi connectivity index (χ1) is 13.3. The van der Waals surface area contributed by atoms with Crippen LogP contribution in [0, 0.1) is 0 Å². The Morgan fingerprint density at radius 2 is 2.00 bits per heavy atom. The number of nitrogens with two attached hydrogens (primary N) is 1. The van der Waals surface area contributed by atoms with Crippen molar-refractivity contribution in [3.63, 3.8) is 0 Å². The number of halogens is 3. The molecule has 0 bridgehead atoms. The van der Waals surface area contributed by atoms with Gasteiger partial charge in [0, 0.05) is 11.8 Å². The number of rotatable bonds is 4. The van der Waals surface area contributed by atoms with Crippen molar-refractivity contribution in [2.45, 2.75) is 12.4 Å². The third kappa shape index (κ3) is 3.11. The number of aromatic nitrogens is 4. The Balaban J connectivity index is 1.70. The molecule has 1 unspecified atom stereocenters. The monoisotopic (exact) mass is 390 g/mol. The summed E-state index contributed by atoms with van der Waals surface area (Å²) in [5.74, 6) is 0.228. The number of aliphatic hydroxyl groups is 1. The van der Waals surface area contributed by atoms with Gasteiger partial charge in [0.05, 0.1) is 17.3 Å². The Bertz CT molecular complexity index is 1140. The van der Waals surface area contributed by atoms with Crippen molar-refractivity contribution in [1.29, 1.82) is 0 Å². The van der Waals surface area contributed by atoms with Gasteiger partial charge in [0.15, 0.2) is 11.9 Å². The van der Waals surface area contributed by atoms with Crippen LogP contribution in [0.3, 0.4) is 0 Å². The van der Waals surface area contributed by atoms with Crippen molar-refractivity contribution in [3.8, 4) is 11.3 Å². The summed E-state index contributed by atoms with van der Waals surface area (Å²) < 4.78 is 46.2. The van der Waals surface area contributed by atoms with E-state index >= 15 is 0 Å². The molecule has 1 atom stereocenters. The first kappa shape index (κ1) is 17.8. The van der Waals surface area contributed by atoms with Crippen LogP contribution in [0.1, 0.15) is 17.4 Å². The van der Waals surface area contributed by atoms with E-state index in [4.69, 9.17) is 10.3 Å². The van der Waals surface area contributed by atoms with E-state index in [1.807, 2.05) is 0 Å². The molecule has 28 heavy (non-hydrogen) atoms. The van der Waals surface area contributed by atoms with Gasteiger partial charge in [-0.2, -0.15) is 18.3 Å². The quantitative estimate of drug-likeness (QED) is 0.459. The molecule has 4 aromatic rings. The molecule has 0 radical (unpaired) electrons. The molecule has 0 saturated carbocycles. The number of aliphatic hydroxyl groups excluding tert-OH is 1. The molecule has 0 aliphatic carbocycles. The van der Waals surface area contributed by atoms with Crippen LogP contribution in [0.25, 0.3) is 16.9 Å². The maximum atomic E-state index is 13.3. The van der Waals surface area contributed by atoms with E-state index < -0.39 is 18.0 Å². The van der Waals surface area contributed by atoms with Crippen molar-refractivity contribution >= 4 is 17.2 Å². The summed E-state index contributed by atoms with van der Waals surface area (Å²) in [5.41, 5.74) is 5.18. The summed E-state index contributed by atoms with van der Waals surface area (Å²) in [7, 11) is 0. The molecular weight excluding hydrogens is 377 g/mol. The Hall–Kier alpha value is -3.60. The molecule has 0 aliphatic rings. The average molecular weight is 390 g/mol. The van der Waals surface area contributed by atoms with Crippen molar-refractivity contribution in [2.24, 2.45) is 0 Å². The molecule has 4 N–H and O–H groups in total. The van der Waals surface area contributed by atoms with Gasteiger partial charge in [-0.1, -0.05) is 23.4 Å². The summed E-state index contributed by atoms with van der Waals surface area (Å²) >= 11 is 0. The second kappa shape index (κ2) is 6.53. The molecule has 144 valence electrons. The summed E-state index contributed by atoms with van der Waals surface area (Å²) in [4.78, 5) is 4.10. The lowest BCUT2D eigenvalue weighted by molar-refractivity contribution is -0.137. The number of hydrogen-bond donors (Lipinski definition) is 3. The van der Waals surface area contributed by atoms with Crippen molar-refractivity contribution in [1.82, 2.24) is 19.8 Å². The molecule has 4 rings (SSSR count). The van der Waals surface area contributed by atoms with Crippen molar-refractivity contribution in [2.75, 3.05) is 11.1 Å². The third-order valence-corrected chi connectivity index (χ3v) is 4.06. The van der Waals surface area contributed by atoms with Crippen LogP contribution < -0.4 is 11.1 Å². The molecule has 0 saturated heterocycles. The van der Waals surface area contributed by atoms with Gasteiger partial charge in [0.1, 0.15) is 23.5 Å². The zero-order valence-corrected chi connectivity index (χ0v) is 14.1. The van der Waals surface area contributed by atoms with Gasteiger partial charge < -0.3 is 20.7 Å². The van der Waals surface area contributed by atoms with E-state index in [2.05, 4.69) is 20.6 Å². The van der Waals surface area contributed by atoms with E-state index in [1.54, 1.807) is 6.20 Å². The lowest BCUT2D eigenvalue weighted by Gasteiger charge is -2.14. The van der Waals surface area contributed by atoms with Gasteiger partial charge in [0.2, 0.25) is 0 Å². The third-order valence-electron chi connectivity index (χ3n) is 4.06. The molecule has 11 heteroatoms. The van der Waals surface area contributed by atoms with E-state index in [1.165, 1.54) is 35.0 Å². The topological polar surface area (TPSA) is 114 Å². The smallest absolute Gasteiger partial charge is 0.384 e. The van der Waals surface area contributed by atoms with E-state index in [0.717, 1.165) is 12.3 Å². The van der Waals surface area contributed by atoms with Gasteiger partial charge in [-0.25, -0.2) is 9.50 Å². The van der Waals surface area contributed by atoms with Crippen molar-refractivity contribution < 1.29 is 22.8 Å². The number of nitrogen functional groups attached to an aromatic ring is 1. The minimum atomic E-state index is -4.57. The lowest BCUT2D eigenvalue weighted by atomic mass is 10.0. The van der Waals surface area contributed by atoms with Gasteiger partial charge in [0.25, 0.3) is 0 Å². The highest BCUT2D eigenvalue weighted by Gasteiger charge is 2.34. The van der Waals surface area contributed by atoms with E-state index in [0.29, 0.717) is 5.65 Å². The first-order valence-corrected chi connectivity index (χ1v) is 8.00. The molecule has 0 fully saturated rings. The van der Waals surface area contributed by atoms with E-state index in [9.17, 15) is 18.3 Å². The zero-order chi connectivity index (χ0) is 19.9. The largest absolute Gasteiger partial charge is 0.417 e. The predicted octanol–water partition coefficient (Wildman–Crippen LogP) is 3.09. The van der Waals surface area contributed by atoms with Crippen LogP contribution in [0.15, 0.2) is 53.5 Å². The Morgan fingerprint density at radius 3 is 2.79 bits per heavy atom. The van der Waals surface area contributed by atoms with Gasteiger partial charge in [-0.3, -0.25) is 0 Å². The van der Waals surface area contributed by atoms with Crippen LogP contribution in [-0.4, -0.2) is 24.9 Å². The molecule has 3 heterocycles. The summed E-state index contributed by atoms with van der Waals surface area (Å²) in [6.45, 7) is 0. The predicted molar refractivity (Wildman–Crippen MR) is 92.9 cm³/mol. The van der Waals surface area contributed by atoms with Crippen LogP contribution in [-0.2, 0) is 6.18 Å². The Labute approximate surface area is 155 Å². The minimum Gasteiger partial charge on any atom is -0.384 e. The molecule has 0 spiro atoms. The number of nitrogens with one attached hydrogen (secondary N) is 1. The highest BCUT2D eigenvalue weighted by Crippen LogP contribution is 2.39. The highest BCUT2D eigenvalue weighted by atomic mass is 19.4. The molecule has 8 nitrogen and oxygen atoms in total. The van der Waals surface area contributed by atoms with Crippen LogP contribution in [0.2, 0.25) is 0 Å². The number of fused-ring (bicyclic) bond motifs is 1. The normalized spacial score (nSPS) is 13.0. The number of nitrogens with zero attached hydrogens (tertiary/aromatic N) is 4. The maximum Gasteiger partial charge on any atom is 0.417 e. The fourth-order valence-electron chi connectivity index (χ4n) is 2.79. The van der Waals surface area contributed by atoms with Gasteiger partial charge in [-0.15, -0.1) is 0 Å². The summed E-state index contributed by atoms with van der Waals surface area (Å²) in [5, 5.41) is 20.9. The maximum absolute atomic E-state index is 13.3. The standard InChI is InChI=1S/C17H13F3N6O2/c18-17(19,20)11-4-2-1-3-9(11)14-12(8-28-25-14)23-16(27)10-7-22-26-6-5-13(21)24-15(10)26/h1-8,16,23,27H,(H2,21,24). The fraction of sp³-hybridized carbons (Fsp3) is 0.118. The average Bonchev–Trinajstić information content (AvgIpc) is 3.27. The molecule has 0 amide bonds. The van der Waals surface area contributed by atoms with Crippen molar-refractivity contribution in [3.05, 3.63) is 60.1 Å². The minimum absolute atomic E-state index is 0.0763. The van der Waals surface area contributed by atoms with Crippen LogP contribution in [0.4, 0.5) is 24.7 Å². The number of alkyl halides is 3. The van der Waals surface area contributed by atoms with Crippen LogP contribution >= 0.6 is 0 Å². The Kier molecular flexibility index (Phi) is 4.15. The SMILES string of the molecule is Nc1ccn2ncc(C(O)Nc3conc3-c3ccccc3C(F)(F)F)c2n1. The molecular formula is C17H13F3N6O2. The second-order valence-corrected chi connectivity index (χ2v) is 5.89. The molecule has 1 aromatic carbocycles. The summed E-state index contributed by atoms with van der Waals surface area (Å²) in [6, 6.07) is 6.49. The van der Waals surface area contributed by atoms with Gasteiger partial charge >= 0.3 is 6.18 Å². The number of anilines is 2. The number of hydrogen-bond acceptors (Lipinski definition) is 7. The second-order valence-electron chi connectivity index (χ2n) is 5.89. The summed E-state index contributed by atoms with van der Waals surface area (Å²) in [6.07, 6.45) is -1.87. The number of benzene rings is 1. The zero-order valence-electron chi connectivity index (χ0n) is 14.1. The van der Waals surface area contributed by atoms with E-state index in [-0.39, 0.29) is 28.3 Å². The highest BCUT2D eigenvalue weighted by molar-refractivity contribution is 5.76. The van der Waals surface area contributed by atoms with Crippen LogP contribution in [0.5, 0.6) is 0 Å². The molecule has 0 aliphatic heterocycles. The first-order valence-electron chi connectivity index (χ1n) is 8.00. The molecule has 3 aromatic heterocycles. The van der Waals surface area contributed by atoms with Gasteiger partial charge in [-0.05, 0) is 12.1 Å². The fourth-order valence-corrected chi connectivity index (χ4v) is 2.79. The Morgan fingerprint density at radius 1 is 1.21 bits per heavy atom.